The Morgan fingerprint density at radius 1 is 0.851 bits per heavy atom. The maximum Gasteiger partial charge on any atom is 0.490 e. The fourth-order valence-electron chi connectivity index (χ4n) is 6.21. The van der Waals surface area contributed by atoms with Crippen molar-refractivity contribution in [2.24, 2.45) is 16.5 Å². The molecule has 1 saturated heterocycles. The van der Waals surface area contributed by atoms with E-state index in [1.54, 1.807) is 11.0 Å². The van der Waals surface area contributed by atoms with Crippen molar-refractivity contribution in [2.75, 3.05) is 39.3 Å². The van der Waals surface area contributed by atoms with E-state index in [1.807, 2.05) is 36.9 Å². The molecule has 1 aliphatic carbocycles. The average Bonchev–Trinajstić information content (AvgIpc) is 3.69. The van der Waals surface area contributed by atoms with Gasteiger partial charge in [-0.25, -0.2) is 27.8 Å². The summed E-state index contributed by atoms with van der Waals surface area (Å²) < 4.78 is 132. The van der Waals surface area contributed by atoms with Crippen LogP contribution < -0.4 is 20.9 Å². The second kappa shape index (κ2) is 24.1. The quantitative estimate of drug-likeness (QED) is 0.0586. The Hall–Kier alpha value is -5.38. The lowest BCUT2D eigenvalue weighted by molar-refractivity contribution is -0.193. The topological polar surface area (TPSA) is 268 Å². The lowest BCUT2D eigenvalue weighted by Crippen LogP contribution is -2.62. The van der Waals surface area contributed by atoms with Crippen LogP contribution in [0.4, 0.5) is 39.5 Å². The van der Waals surface area contributed by atoms with E-state index in [0.29, 0.717) is 74.9 Å². The summed E-state index contributed by atoms with van der Waals surface area (Å²) in [6.45, 7) is 6.74. The molecule has 2 aliphatic rings. The molecule has 374 valence electrons. The van der Waals surface area contributed by atoms with Gasteiger partial charge in [0.1, 0.15) is 28.3 Å². The molecule has 67 heavy (non-hydrogen) atoms. The minimum atomic E-state index is -5.08. The molecule has 0 atom stereocenters. The van der Waals surface area contributed by atoms with Gasteiger partial charge in [0.25, 0.3) is 0 Å². The molecule has 0 spiro atoms. The largest absolute Gasteiger partial charge is 0.490 e. The van der Waals surface area contributed by atoms with Crippen LogP contribution in [0.15, 0.2) is 46.3 Å². The minimum absolute atomic E-state index is 0.0563. The molecule has 1 amide bonds. The molecule has 2 aromatic carbocycles. The van der Waals surface area contributed by atoms with Crippen molar-refractivity contribution in [3.8, 4) is 5.75 Å². The zero-order valence-corrected chi connectivity index (χ0v) is 37.5. The van der Waals surface area contributed by atoms with Crippen LogP contribution in [0, 0.1) is 13.8 Å². The zero-order valence-electron chi connectivity index (χ0n) is 35.2. The van der Waals surface area contributed by atoms with E-state index >= 15 is 0 Å². The molecule has 1 aromatic heterocycles. The van der Waals surface area contributed by atoms with Crippen LogP contribution in [0.3, 0.4) is 0 Å². The lowest BCUT2D eigenvalue weighted by Gasteiger charge is -2.40. The first kappa shape index (κ1) is 57.7. The Balaban J connectivity index is 0.000000608. The first-order valence-corrected chi connectivity index (χ1v) is 21.5. The number of fused-ring (bicyclic) bond motifs is 1. The summed E-state index contributed by atoms with van der Waals surface area (Å²) in [6.07, 6.45) is -12.3. The van der Waals surface area contributed by atoms with E-state index in [4.69, 9.17) is 69.1 Å². The van der Waals surface area contributed by atoms with E-state index in [9.17, 15) is 52.7 Å². The van der Waals surface area contributed by atoms with Crippen molar-refractivity contribution < 1.29 is 87.2 Å². The second-order valence-electron chi connectivity index (χ2n) is 14.3. The van der Waals surface area contributed by atoms with E-state index in [0.717, 1.165) is 35.9 Å². The third kappa shape index (κ3) is 17.0. The number of guanidine groups is 1. The highest BCUT2D eigenvalue weighted by molar-refractivity contribution is 7.89. The number of sulfonamides is 1. The minimum Gasteiger partial charge on any atom is -0.487 e. The molecule has 2 fully saturated rings. The number of nitrogens with two attached hydrogens (primary N) is 2. The number of aliphatic imine (C=N–C) groups is 1. The summed E-state index contributed by atoms with van der Waals surface area (Å²) in [7, 11) is -4.24. The third-order valence-corrected chi connectivity index (χ3v) is 11.9. The highest BCUT2D eigenvalue weighted by Gasteiger charge is 2.47. The van der Waals surface area contributed by atoms with Crippen LogP contribution in [0.25, 0.3) is 10.9 Å². The number of hydrogen-bond acceptors (Lipinski definition) is 10. The van der Waals surface area contributed by atoms with Crippen molar-refractivity contribution >= 4 is 73.9 Å². The predicted octanol–water partition coefficient (Wildman–Crippen LogP) is 6.04. The van der Waals surface area contributed by atoms with Crippen LogP contribution in [0.5, 0.6) is 5.75 Å². The normalized spacial score (nSPS) is 15.3. The van der Waals surface area contributed by atoms with Gasteiger partial charge in [0, 0.05) is 54.4 Å². The number of amides is 1. The van der Waals surface area contributed by atoms with Gasteiger partial charge in [-0.15, -0.1) is 0 Å². The molecular formula is C38H44Cl2F9N7O10S. The number of pyridine rings is 1. The Morgan fingerprint density at radius 3 is 1.82 bits per heavy atom. The highest BCUT2D eigenvalue weighted by atomic mass is 35.5. The molecule has 8 N–H and O–H groups in total. The molecule has 17 nitrogen and oxygen atoms in total. The van der Waals surface area contributed by atoms with Gasteiger partial charge in [-0.2, -0.15) is 44.2 Å². The second-order valence-corrected chi connectivity index (χ2v) is 16.8. The van der Waals surface area contributed by atoms with Crippen LogP contribution >= 0.6 is 23.2 Å². The number of carbonyl (C=O) groups is 4. The number of rotatable bonds is 10. The summed E-state index contributed by atoms with van der Waals surface area (Å²) in [5.74, 6) is -7.56. The maximum absolute atomic E-state index is 14.0. The molecule has 29 heteroatoms. The smallest absolute Gasteiger partial charge is 0.487 e. The molecule has 2 heterocycles. The SMILES string of the molecule is Cc1cc(C)c2cccc(OCc3c(Cl)ccc(S(=O)(=O)NC4(C(=O)N5CCN(C(N)=NCCCN)CC5)CCCC4)c3Cl)c2n1.O=C(O)C(F)(F)F.O=C(O)C(F)(F)F.O=C(O)C(F)(F)F. The van der Waals surface area contributed by atoms with E-state index in [-0.39, 0.29) is 27.5 Å². The molecule has 3 aromatic rings. The predicted molar refractivity (Wildman–Crippen MR) is 223 cm³/mol. The Morgan fingerprint density at radius 2 is 1.34 bits per heavy atom. The van der Waals surface area contributed by atoms with Crippen molar-refractivity contribution in [3.05, 3.63) is 63.3 Å². The number of benzene rings is 2. The Labute approximate surface area is 385 Å². The van der Waals surface area contributed by atoms with Crippen molar-refractivity contribution in [3.63, 3.8) is 0 Å². The number of carboxylic acid groups (broad SMARTS) is 3. The van der Waals surface area contributed by atoms with Gasteiger partial charge in [0.15, 0.2) is 5.96 Å². The fraction of sp³-hybridized carbons (Fsp3) is 0.474. The summed E-state index contributed by atoms with van der Waals surface area (Å²) in [5, 5.41) is 22.5. The number of aromatic nitrogens is 1. The third-order valence-electron chi connectivity index (χ3n) is 9.40. The summed E-state index contributed by atoms with van der Waals surface area (Å²) in [5.41, 5.74) is 13.3. The van der Waals surface area contributed by atoms with Gasteiger partial charge in [0.05, 0.1) is 5.02 Å². The number of aryl methyl sites for hydroxylation is 2. The molecule has 0 radical (unpaired) electrons. The number of carbonyl (C=O) groups excluding carboxylic acids is 1. The monoisotopic (exact) mass is 1030 g/mol. The summed E-state index contributed by atoms with van der Waals surface area (Å²) in [4.78, 5) is 53.1. The van der Waals surface area contributed by atoms with Crippen LogP contribution in [-0.4, -0.2) is 132 Å². The number of alkyl halides is 9. The molecule has 1 aliphatic heterocycles. The summed E-state index contributed by atoms with van der Waals surface area (Å²) in [6, 6.07) is 10.5. The number of aliphatic carboxylic acids is 3. The molecule has 0 unspecified atom stereocenters. The zero-order chi connectivity index (χ0) is 51.3. The van der Waals surface area contributed by atoms with Crippen LogP contribution in [0.1, 0.15) is 48.9 Å². The van der Waals surface area contributed by atoms with Gasteiger partial charge in [-0.1, -0.05) is 48.2 Å². The number of nitrogens with zero attached hydrogens (tertiary/aromatic N) is 4. The fourth-order valence-corrected chi connectivity index (χ4v) is 8.52. The van der Waals surface area contributed by atoms with Crippen LogP contribution in [0.2, 0.25) is 10.0 Å². The molecular weight excluding hydrogens is 988 g/mol. The molecule has 1 saturated carbocycles. The number of halogens is 11. The first-order valence-electron chi connectivity index (χ1n) is 19.2. The average molecular weight is 1030 g/mol. The number of ether oxygens (including phenoxy) is 1. The molecule has 0 bridgehead atoms. The Bertz CT molecular complexity index is 2320. The van der Waals surface area contributed by atoms with Gasteiger partial charge in [-0.3, -0.25) is 9.79 Å². The number of nitrogens with one attached hydrogen (secondary N) is 1. The Kier molecular flexibility index (Phi) is 20.7. The van der Waals surface area contributed by atoms with E-state index in [1.165, 1.54) is 12.1 Å². The number of carboxylic acids is 3. The first-order chi connectivity index (χ1) is 30.8. The van der Waals surface area contributed by atoms with E-state index < -0.39 is 52.0 Å². The highest BCUT2D eigenvalue weighted by Crippen LogP contribution is 2.37. The number of para-hydroxylation sites is 1. The summed E-state index contributed by atoms with van der Waals surface area (Å²) >= 11 is 13.3. The van der Waals surface area contributed by atoms with Gasteiger partial charge < -0.3 is 41.3 Å². The van der Waals surface area contributed by atoms with Crippen molar-refractivity contribution in [1.29, 1.82) is 0 Å². The van der Waals surface area contributed by atoms with Crippen molar-refractivity contribution in [1.82, 2.24) is 19.5 Å². The van der Waals surface area contributed by atoms with Gasteiger partial charge >= 0.3 is 36.4 Å². The van der Waals surface area contributed by atoms with Crippen LogP contribution in [-0.2, 0) is 35.8 Å². The van der Waals surface area contributed by atoms with E-state index in [2.05, 4.69) is 14.7 Å². The standard InChI is InChI=1S/C32H41Cl2N7O4S.3C2HF3O2/c1-21-19-22(2)38-29-23(21)7-5-8-26(29)45-20-24-25(33)9-10-27(28(24)34)46(43,44)39-32(11-3-4-12-32)30(42)40-15-17-41(18-16-40)31(36)37-14-6-13-35;3*3-2(4,5)1(6)7/h5,7-10,19,39H,3-4,6,11-18,20,35H2,1-2H3,(H2,36,37);3*(H,6,7). The number of hydrogen-bond donors (Lipinski definition) is 6. The number of piperazine rings is 1. The van der Waals surface area contributed by atoms with Gasteiger partial charge in [-0.05, 0) is 69.5 Å². The molecule has 5 rings (SSSR count). The van der Waals surface area contributed by atoms with Gasteiger partial charge in [0.2, 0.25) is 15.9 Å². The lowest BCUT2D eigenvalue weighted by atomic mass is 9.96. The van der Waals surface area contributed by atoms with Crippen molar-refractivity contribution in [2.45, 2.75) is 81.5 Å². The maximum atomic E-state index is 14.0.